The number of anilines is 2. The number of benzene rings is 2. The Kier molecular flexibility index (Phi) is 8.80. The lowest BCUT2D eigenvalue weighted by molar-refractivity contribution is -0.137. The number of carbonyl (C=O) groups excluding carboxylic acids is 2. The molecule has 1 heterocycles. The molecule has 0 saturated carbocycles. The van der Waals surface area contributed by atoms with Gasteiger partial charge in [0.15, 0.2) is 0 Å². The highest BCUT2D eigenvalue weighted by Crippen LogP contribution is 2.30. The average Bonchev–Trinajstić information content (AvgIpc) is 2.83. The van der Waals surface area contributed by atoms with Crippen LogP contribution in [0.2, 0.25) is 0 Å². The Morgan fingerprint density at radius 3 is 2.39 bits per heavy atom. The first-order valence-electron chi connectivity index (χ1n) is 11.5. The van der Waals surface area contributed by atoms with Gasteiger partial charge in [-0.05, 0) is 49.2 Å². The number of alkyl halides is 3. The van der Waals surface area contributed by atoms with E-state index in [1.54, 1.807) is 37.3 Å². The van der Waals surface area contributed by atoms with Crippen LogP contribution in [0.15, 0.2) is 42.5 Å². The number of hydrogen-bond donors (Lipinski definition) is 3. The summed E-state index contributed by atoms with van der Waals surface area (Å²) in [5, 5.41) is 8.50. The van der Waals surface area contributed by atoms with Crippen molar-refractivity contribution in [3.63, 3.8) is 0 Å². The zero-order valence-electron chi connectivity index (χ0n) is 20.6. The zero-order chi connectivity index (χ0) is 26.5. The number of ether oxygens (including phenoxy) is 2. The molecule has 2 aromatic rings. The Labute approximate surface area is 208 Å². The van der Waals surface area contributed by atoms with Crippen LogP contribution in [0.25, 0.3) is 0 Å². The lowest BCUT2D eigenvalue weighted by Gasteiger charge is -2.30. The molecule has 3 amide bonds. The van der Waals surface area contributed by atoms with E-state index in [0.29, 0.717) is 30.1 Å². The number of nitrogens with zero attached hydrogens (tertiary/aromatic N) is 1. The maximum absolute atomic E-state index is 13.2. The molecule has 0 aromatic heterocycles. The second-order valence-electron chi connectivity index (χ2n) is 8.92. The van der Waals surface area contributed by atoms with Crippen molar-refractivity contribution in [1.82, 2.24) is 10.2 Å². The van der Waals surface area contributed by atoms with E-state index in [1.807, 2.05) is 6.92 Å². The van der Waals surface area contributed by atoms with Gasteiger partial charge in [0.1, 0.15) is 12.4 Å². The monoisotopic (exact) mass is 508 g/mol. The van der Waals surface area contributed by atoms with Crippen molar-refractivity contribution in [2.24, 2.45) is 5.92 Å². The third-order valence-electron chi connectivity index (χ3n) is 5.96. The van der Waals surface area contributed by atoms with Gasteiger partial charge in [-0.3, -0.25) is 4.79 Å². The molecule has 0 radical (unpaired) electrons. The van der Waals surface area contributed by atoms with Crippen molar-refractivity contribution in [3.05, 3.63) is 53.6 Å². The number of urea groups is 1. The second kappa shape index (κ2) is 11.6. The second-order valence-corrected chi connectivity index (χ2v) is 8.92. The summed E-state index contributed by atoms with van der Waals surface area (Å²) in [6.45, 7) is 5.38. The van der Waals surface area contributed by atoms with Crippen LogP contribution in [0.3, 0.4) is 0 Å². The van der Waals surface area contributed by atoms with Gasteiger partial charge in [0.05, 0.1) is 17.2 Å². The Morgan fingerprint density at radius 1 is 1.11 bits per heavy atom. The molecular weight excluding hydrogens is 477 g/mol. The Morgan fingerprint density at radius 2 is 1.75 bits per heavy atom. The van der Waals surface area contributed by atoms with Gasteiger partial charge >= 0.3 is 12.2 Å². The van der Waals surface area contributed by atoms with Crippen LogP contribution in [0.4, 0.5) is 29.3 Å². The Bertz CT molecular complexity index is 1060. The molecule has 3 N–H and O–H groups in total. The molecular formula is C25H31F3N4O4. The van der Waals surface area contributed by atoms with Crippen molar-refractivity contribution in [2.75, 3.05) is 44.5 Å². The molecule has 2 aromatic carbocycles. The fourth-order valence-electron chi connectivity index (χ4n) is 3.77. The summed E-state index contributed by atoms with van der Waals surface area (Å²) in [7, 11) is 3.32. The average molecular weight is 509 g/mol. The third-order valence-corrected chi connectivity index (χ3v) is 5.96. The number of rotatable bonds is 3. The minimum Gasteiger partial charge on any atom is -0.491 e. The first-order valence-corrected chi connectivity index (χ1v) is 11.5. The minimum absolute atomic E-state index is 0.00959. The number of nitrogens with one attached hydrogen (secondary N) is 3. The molecule has 8 nitrogen and oxygen atoms in total. The molecule has 3 atom stereocenters. The Balaban J connectivity index is 1.76. The fourth-order valence-corrected chi connectivity index (χ4v) is 3.77. The number of halogens is 3. The summed E-state index contributed by atoms with van der Waals surface area (Å²) in [6, 6.07) is 8.11. The zero-order valence-corrected chi connectivity index (χ0v) is 20.6. The summed E-state index contributed by atoms with van der Waals surface area (Å²) >= 11 is 0. The van der Waals surface area contributed by atoms with Gasteiger partial charge in [0.25, 0.3) is 5.91 Å². The molecule has 196 valence electrons. The minimum atomic E-state index is -4.46. The molecule has 0 spiro atoms. The van der Waals surface area contributed by atoms with E-state index in [0.717, 1.165) is 12.1 Å². The van der Waals surface area contributed by atoms with Crippen LogP contribution in [0.5, 0.6) is 5.75 Å². The van der Waals surface area contributed by atoms with Crippen LogP contribution >= 0.6 is 0 Å². The van der Waals surface area contributed by atoms with Gasteiger partial charge in [0.2, 0.25) is 0 Å². The molecule has 0 unspecified atom stereocenters. The van der Waals surface area contributed by atoms with E-state index in [4.69, 9.17) is 9.47 Å². The van der Waals surface area contributed by atoms with Gasteiger partial charge in [0, 0.05) is 50.7 Å². The number of methoxy groups -OCH3 is 1. The molecule has 1 aliphatic heterocycles. The van der Waals surface area contributed by atoms with E-state index in [-0.39, 0.29) is 36.3 Å². The van der Waals surface area contributed by atoms with Crippen molar-refractivity contribution in [2.45, 2.75) is 32.2 Å². The lowest BCUT2D eigenvalue weighted by Crippen LogP contribution is -2.44. The standard InChI is InChI=1S/C25H31F3N4O4/c1-15-12-29-16(2)14-36-21-11-19(9-10-20(21)23(33)32(3)13-22(15)35-4)31-24(34)30-18-7-5-17(6-8-18)25(26,27)28/h5-11,15-16,22,29H,12-14H2,1-4H3,(H2,30,31,34)/t15-,16+,22-/m1/s1. The van der Waals surface area contributed by atoms with Gasteiger partial charge in [-0.1, -0.05) is 6.92 Å². The highest BCUT2D eigenvalue weighted by atomic mass is 19.4. The molecule has 0 saturated heterocycles. The highest BCUT2D eigenvalue weighted by Gasteiger charge is 2.30. The van der Waals surface area contributed by atoms with E-state index < -0.39 is 17.8 Å². The topological polar surface area (TPSA) is 91.9 Å². The van der Waals surface area contributed by atoms with Crippen LogP contribution in [-0.2, 0) is 10.9 Å². The van der Waals surface area contributed by atoms with E-state index in [1.165, 1.54) is 12.1 Å². The summed E-state index contributed by atoms with van der Waals surface area (Å²) in [5.74, 6) is 0.220. The molecule has 0 fully saturated rings. The van der Waals surface area contributed by atoms with Crippen LogP contribution in [0.1, 0.15) is 29.8 Å². The van der Waals surface area contributed by atoms with Gasteiger partial charge in [-0.2, -0.15) is 13.2 Å². The fraction of sp³-hybridized carbons (Fsp3) is 0.440. The van der Waals surface area contributed by atoms with E-state index in [2.05, 4.69) is 22.9 Å². The molecule has 36 heavy (non-hydrogen) atoms. The lowest BCUT2D eigenvalue weighted by atomic mass is 10.0. The summed E-state index contributed by atoms with van der Waals surface area (Å²) in [4.78, 5) is 27.2. The normalized spacial score (nSPS) is 21.5. The number of likely N-dealkylation sites (N-methyl/N-ethyl adjacent to an activating group) is 1. The van der Waals surface area contributed by atoms with Gasteiger partial charge in [-0.15, -0.1) is 0 Å². The molecule has 3 rings (SSSR count). The van der Waals surface area contributed by atoms with Crippen molar-refractivity contribution >= 4 is 23.3 Å². The predicted molar refractivity (Wildman–Crippen MR) is 130 cm³/mol. The molecule has 0 bridgehead atoms. The summed E-state index contributed by atoms with van der Waals surface area (Å²) in [6.07, 6.45) is -4.61. The van der Waals surface area contributed by atoms with Crippen molar-refractivity contribution in [3.8, 4) is 5.75 Å². The van der Waals surface area contributed by atoms with Crippen LogP contribution < -0.4 is 20.7 Å². The predicted octanol–water partition coefficient (Wildman–Crippen LogP) is 4.44. The van der Waals surface area contributed by atoms with Crippen LogP contribution in [-0.4, -0.2) is 62.8 Å². The number of fused-ring (bicyclic) bond motifs is 1. The maximum Gasteiger partial charge on any atom is 0.416 e. The van der Waals surface area contributed by atoms with E-state index >= 15 is 0 Å². The SMILES string of the molecule is CO[C@@H]1CN(C)C(=O)c2ccc(NC(=O)Nc3ccc(C(F)(F)F)cc3)cc2OC[C@H](C)NC[C@H]1C. The van der Waals surface area contributed by atoms with Crippen molar-refractivity contribution in [1.29, 1.82) is 0 Å². The largest absolute Gasteiger partial charge is 0.491 e. The van der Waals surface area contributed by atoms with Crippen LogP contribution in [0, 0.1) is 5.92 Å². The molecule has 1 aliphatic rings. The first kappa shape index (κ1) is 27.3. The van der Waals surface area contributed by atoms with Gasteiger partial charge < -0.3 is 30.3 Å². The quantitative estimate of drug-likeness (QED) is 0.570. The Hall–Kier alpha value is -3.31. The first-order chi connectivity index (χ1) is 17.0. The number of hydrogen-bond acceptors (Lipinski definition) is 5. The van der Waals surface area contributed by atoms with E-state index in [9.17, 15) is 22.8 Å². The maximum atomic E-state index is 13.2. The molecule has 0 aliphatic carbocycles. The summed E-state index contributed by atoms with van der Waals surface area (Å²) in [5.41, 5.74) is 0.0722. The molecule has 11 heteroatoms. The highest BCUT2D eigenvalue weighted by molar-refractivity contribution is 6.01. The number of amides is 3. The number of carbonyl (C=O) groups is 2. The smallest absolute Gasteiger partial charge is 0.416 e. The van der Waals surface area contributed by atoms with Gasteiger partial charge in [-0.25, -0.2) is 4.79 Å². The third kappa shape index (κ3) is 7.11. The van der Waals surface area contributed by atoms with Crippen molar-refractivity contribution < 1.29 is 32.2 Å². The summed E-state index contributed by atoms with van der Waals surface area (Å²) < 4.78 is 49.8.